The van der Waals surface area contributed by atoms with E-state index < -0.39 is 22.0 Å². The fourth-order valence-corrected chi connectivity index (χ4v) is 5.57. The predicted molar refractivity (Wildman–Crippen MR) is 108 cm³/mol. The molecular formula is C18H18N4O5S2. The molecule has 0 atom stereocenters. The first-order valence-corrected chi connectivity index (χ1v) is 11.1. The van der Waals surface area contributed by atoms with E-state index in [0.29, 0.717) is 10.6 Å². The van der Waals surface area contributed by atoms with Crippen LogP contribution in [0.3, 0.4) is 0 Å². The van der Waals surface area contributed by atoms with Gasteiger partial charge < -0.3 is 15.5 Å². The minimum Gasteiger partial charge on any atom is -0.463 e. The Morgan fingerprint density at radius 3 is 2.76 bits per heavy atom. The van der Waals surface area contributed by atoms with Crippen molar-refractivity contribution in [1.82, 2.24) is 4.31 Å². The molecule has 0 bridgehead atoms. The molecule has 1 aliphatic heterocycles. The van der Waals surface area contributed by atoms with Crippen LogP contribution in [0.15, 0.2) is 39.0 Å². The number of thiophene rings is 1. The lowest BCUT2D eigenvalue weighted by Gasteiger charge is -2.23. The van der Waals surface area contributed by atoms with Gasteiger partial charge in [-0.05, 0) is 49.5 Å². The SMILES string of the molecule is CN1C(C(=O)Nc2sc3c(c2C(N)=O)CCCC3)=CC(c2ccco2)=NS1(=O)=O. The number of nitrogens with two attached hydrogens (primary N) is 1. The van der Waals surface area contributed by atoms with Gasteiger partial charge in [-0.15, -0.1) is 15.7 Å². The van der Waals surface area contributed by atoms with Crippen LogP contribution >= 0.6 is 11.3 Å². The quantitative estimate of drug-likeness (QED) is 0.757. The van der Waals surface area contributed by atoms with Gasteiger partial charge in [-0.3, -0.25) is 9.59 Å². The highest BCUT2D eigenvalue weighted by Gasteiger charge is 2.32. The second-order valence-electron chi connectivity index (χ2n) is 6.66. The fourth-order valence-electron chi connectivity index (χ4n) is 3.39. The number of likely N-dealkylation sites (N-methyl/N-ethyl adjacent to an activating group) is 1. The van der Waals surface area contributed by atoms with E-state index in [2.05, 4.69) is 9.71 Å². The monoisotopic (exact) mass is 434 g/mol. The lowest BCUT2D eigenvalue weighted by molar-refractivity contribution is -0.113. The first-order chi connectivity index (χ1) is 13.8. The number of anilines is 1. The van der Waals surface area contributed by atoms with Gasteiger partial charge in [-0.1, -0.05) is 0 Å². The maximum atomic E-state index is 13.0. The van der Waals surface area contributed by atoms with Gasteiger partial charge in [-0.2, -0.15) is 8.42 Å². The van der Waals surface area contributed by atoms with E-state index in [4.69, 9.17) is 10.2 Å². The minimum absolute atomic E-state index is 0.0128. The van der Waals surface area contributed by atoms with E-state index in [0.717, 1.165) is 40.4 Å². The molecule has 29 heavy (non-hydrogen) atoms. The average molecular weight is 434 g/mol. The maximum Gasteiger partial charge on any atom is 0.345 e. The van der Waals surface area contributed by atoms with Crippen molar-refractivity contribution >= 4 is 44.1 Å². The van der Waals surface area contributed by atoms with Crippen LogP contribution in [0.1, 0.15) is 39.4 Å². The fraction of sp³-hybridized carbons (Fsp3) is 0.278. The Morgan fingerprint density at radius 1 is 1.31 bits per heavy atom. The molecule has 2 aromatic rings. The molecule has 2 aromatic heterocycles. The number of rotatable bonds is 4. The third kappa shape index (κ3) is 3.47. The number of nitrogens with one attached hydrogen (secondary N) is 1. The zero-order chi connectivity index (χ0) is 20.8. The zero-order valence-corrected chi connectivity index (χ0v) is 17.1. The molecule has 11 heteroatoms. The van der Waals surface area contributed by atoms with Crippen molar-refractivity contribution in [2.75, 3.05) is 12.4 Å². The molecule has 0 aromatic carbocycles. The number of carbonyl (C=O) groups excluding carboxylic acids is 2. The molecule has 0 saturated carbocycles. The molecule has 3 heterocycles. The molecule has 0 saturated heterocycles. The molecule has 4 rings (SSSR count). The molecule has 1 aliphatic carbocycles. The van der Waals surface area contributed by atoms with Gasteiger partial charge in [0.05, 0.1) is 11.8 Å². The summed E-state index contributed by atoms with van der Waals surface area (Å²) in [6, 6.07) is 3.13. The summed E-state index contributed by atoms with van der Waals surface area (Å²) in [5.74, 6) is -1.08. The summed E-state index contributed by atoms with van der Waals surface area (Å²) in [6.07, 6.45) is 6.22. The van der Waals surface area contributed by atoms with Crippen molar-refractivity contribution in [3.05, 3.63) is 51.9 Å². The Morgan fingerprint density at radius 2 is 2.07 bits per heavy atom. The normalized spacial score (nSPS) is 17.9. The lowest BCUT2D eigenvalue weighted by atomic mass is 9.95. The number of carbonyl (C=O) groups is 2. The van der Waals surface area contributed by atoms with Gasteiger partial charge in [-0.25, -0.2) is 4.31 Å². The van der Waals surface area contributed by atoms with Gasteiger partial charge >= 0.3 is 10.2 Å². The Kier molecular flexibility index (Phi) is 4.79. The molecule has 0 unspecified atom stereocenters. The second-order valence-corrected chi connectivity index (χ2v) is 9.39. The van der Waals surface area contributed by atoms with Crippen molar-refractivity contribution in [3.8, 4) is 0 Å². The molecule has 2 amide bonds. The number of fused-ring (bicyclic) bond motifs is 1. The van der Waals surface area contributed by atoms with Crippen LogP contribution in [-0.2, 0) is 27.8 Å². The Labute approximate surface area is 171 Å². The van der Waals surface area contributed by atoms with E-state index in [-0.39, 0.29) is 17.2 Å². The summed E-state index contributed by atoms with van der Waals surface area (Å²) in [7, 11) is -2.87. The van der Waals surface area contributed by atoms with E-state index in [9.17, 15) is 18.0 Å². The number of allylic oxidation sites excluding steroid dienone is 1. The van der Waals surface area contributed by atoms with Gasteiger partial charge in [0, 0.05) is 11.9 Å². The van der Waals surface area contributed by atoms with Crippen molar-refractivity contribution in [3.63, 3.8) is 0 Å². The van der Waals surface area contributed by atoms with E-state index in [1.807, 2.05) is 0 Å². The van der Waals surface area contributed by atoms with Crippen LogP contribution in [-0.4, -0.2) is 37.3 Å². The number of primary amides is 1. The van der Waals surface area contributed by atoms with Crippen LogP contribution < -0.4 is 11.1 Å². The minimum atomic E-state index is -4.11. The maximum absolute atomic E-state index is 13.0. The molecule has 3 N–H and O–H groups in total. The molecular weight excluding hydrogens is 416 g/mol. The Bertz CT molecular complexity index is 1160. The summed E-state index contributed by atoms with van der Waals surface area (Å²) < 4.78 is 34.4. The first kappa shape index (κ1) is 19.4. The zero-order valence-electron chi connectivity index (χ0n) is 15.5. The summed E-state index contributed by atoms with van der Waals surface area (Å²) in [6.45, 7) is 0. The van der Waals surface area contributed by atoms with Gasteiger partial charge in [0.1, 0.15) is 16.4 Å². The third-order valence-corrected chi connectivity index (χ3v) is 7.35. The first-order valence-electron chi connectivity index (χ1n) is 8.88. The number of aryl methyl sites for hydroxylation is 1. The van der Waals surface area contributed by atoms with Crippen LogP contribution in [0.2, 0.25) is 0 Å². The molecule has 0 radical (unpaired) electrons. The van der Waals surface area contributed by atoms with Gasteiger partial charge in [0.2, 0.25) is 0 Å². The average Bonchev–Trinajstić information content (AvgIpc) is 3.31. The van der Waals surface area contributed by atoms with Crippen LogP contribution in [0.5, 0.6) is 0 Å². The smallest absolute Gasteiger partial charge is 0.345 e. The van der Waals surface area contributed by atoms with Gasteiger partial charge in [0.25, 0.3) is 11.8 Å². The molecule has 9 nitrogen and oxygen atoms in total. The Hall–Kier alpha value is -2.92. The number of nitrogens with zero attached hydrogens (tertiary/aromatic N) is 2. The molecule has 0 spiro atoms. The summed E-state index contributed by atoms with van der Waals surface area (Å²) in [4.78, 5) is 26.0. The highest BCUT2D eigenvalue weighted by molar-refractivity contribution is 7.88. The number of furan rings is 1. The van der Waals surface area contributed by atoms with Crippen LogP contribution in [0.25, 0.3) is 0 Å². The van der Waals surface area contributed by atoms with Crippen LogP contribution in [0, 0.1) is 0 Å². The standard InChI is InChI=1S/C18H18N4O5S2/c1-22-12(9-11(21-29(22,25)26)13-6-4-8-27-13)17(24)20-18-15(16(19)23)10-5-2-3-7-14(10)28-18/h4,6,8-9H,2-3,5,7H2,1H3,(H2,19,23)(H,20,24). The predicted octanol–water partition coefficient (Wildman–Crippen LogP) is 1.82. The molecule has 0 fully saturated rings. The number of amides is 2. The van der Waals surface area contributed by atoms with E-state index in [1.165, 1.54) is 30.7 Å². The topological polar surface area (TPSA) is 135 Å². The van der Waals surface area contributed by atoms with Crippen molar-refractivity contribution in [1.29, 1.82) is 0 Å². The van der Waals surface area contributed by atoms with E-state index in [1.54, 1.807) is 12.1 Å². The highest BCUT2D eigenvalue weighted by atomic mass is 32.2. The highest BCUT2D eigenvalue weighted by Crippen LogP contribution is 2.38. The largest absolute Gasteiger partial charge is 0.463 e. The number of hydrogen-bond donors (Lipinski definition) is 2. The Balaban J connectivity index is 1.71. The van der Waals surface area contributed by atoms with Crippen molar-refractivity contribution in [2.24, 2.45) is 10.1 Å². The van der Waals surface area contributed by atoms with E-state index >= 15 is 0 Å². The molecule has 152 valence electrons. The van der Waals surface area contributed by atoms with Gasteiger partial charge in [0.15, 0.2) is 5.76 Å². The third-order valence-electron chi connectivity index (χ3n) is 4.82. The summed E-state index contributed by atoms with van der Waals surface area (Å²) in [5, 5.41) is 3.01. The summed E-state index contributed by atoms with van der Waals surface area (Å²) in [5.41, 5.74) is 6.61. The van der Waals surface area contributed by atoms with Crippen molar-refractivity contribution in [2.45, 2.75) is 25.7 Å². The summed E-state index contributed by atoms with van der Waals surface area (Å²) >= 11 is 1.31. The van der Waals surface area contributed by atoms with Crippen LogP contribution in [0.4, 0.5) is 5.00 Å². The molecule has 2 aliphatic rings. The lowest BCUT2D eigenvalue weighted by Crippen LogP contribution is -2.35. The van der Waals surface area contributed by atoms with Crippen molar-refractivity contribution < 1.29 is 22.4 Å². The second kappa shape index (κ2) is 7.16. The number of hydrogen-bond acceptors (Lipinski definition) is 6.